The average Bonchev–Trinajstić information content (AvgIpc) is 2.38. The Hall–Kier alpha value is -1.22. The molecule has 0 aliphatic carbocycles. The summed E-state index contributed by atoms with van der Waals surface area (Å²) in [4.78, 5) is 0. The van der Waals surface area contributed by atoms with Crippen LogP contribution in [0.5, 0.6) is 0 Å². The summed E-state index contributed by atoms with van der Waals surface area (Å²) < 4.78 is 27.3. The van der Waals surface area contributed by atoms with Crippen molar-refractivity contribution in [2.24, 2.45) is 0 Å². The van der Waals surface area contributed by atoms with Crippen LogP contribution in [-0.4, -0.2) is 6.54 Å². The molecule has 1 N–H and O–H groups in total. The van der Waals surface area contributed by atoms with E-state index in [1.165, 1.54) is 0 Å². The van der Waals surface area contributed by atoms with E-state index >= 15 is 0 Å². The number of hydrogen-bond acceptors (Lipinski definition) is 1. The zero-order chi connectivity index (χ0) is 14.4. The van der Waals surface area contributed by atoms with Crippen LogP contribution in [0, 0.1) is 18.6 Å². The summed E-state index contributed by atoms with van der Waals surface area (Å²) in [5, 5.41) is 3.32. The molecule has 3 heteroatoms. The van der Waals surface area contributed by atoms with E-state index in [-0.39, 0.29) is 6.04 Å². The van der Waals surface area contributed by atoms with E-state index in [4.69, 9.17) is 0 Å². The fourth-order valence-electron chi connectivity index (χ4n) is 1.99. The minimum atomic E-state index is -0.496. The first-order valence-corrected chi connectivity index (χ1v) is 6.85. The molecular formula is C16H23F2N. The lowest BCUT2D eigenvalue weighted by atomic mass is 9.96. The highest BCUT2D eigenvalue weighted by Gasteiger charge is 2.17. The maximum atomic E-state index is 14.0. The lowest BCUT2D eigenvalue weighted by Gasteiger charge is -2.21. The highest BCUT2D eigenvalue weighted by molar-refractivity contribution is 5.29. The molecule has 0 heterocycles. The highest BCUT2D eigenvalue weighted by Crippen LogP contribution is 2.26. The molecule has 0 spiro atoms. The van der Waals surface area contributed by atoms with E-state index in [0.717, 1.165) is 31.0 Å². The molecule has 0 aromatic heterocycles. The lowest BCUT2D eigenvalue weighted by Crippen LogP contribution is -2.23. The smallest absolute Gasteiger partial charge is 0.130 e. The summed E-state index contributed by atoms with van der Waals surface area (Å²) in [7, 11) is 0. The van der Waals surface area contributed by atoms with E-state index in [0.29, 0.717) is 17.5 Å². The standard InChI is InChI=1S/C16H23F2N/c1-5-7-19-16(8-11(3)6-2)13-9-12(4)14(17)10-15(13)18/h9-10,16,19H,3,5-8H2,1-2,4H3. The summed E-state index contributed by atoms with van der Waals surface area (Å²) in [5.74, 6) is -0.981. The van der Waals surface area contributed by atoms with Crippen molar-refractivity contribution < 1.29 is 8.78 Å². The Morgan fingerprint density at radius 2 is 1.95 bits per heavy atom. The van der Waals surface area contributed by atoms with Gasteiger partial charge in [-0.15, -0.1) is 0 Å². The van der Waals surface area contributed by atoms with Crippen LogP contribution < -0.4 is 5.32 Å². The first kappa shape index (κ1) is 15.8. The molecule has 0 aliphatic rings. The Morgan fingerprint density at radius 1 is 1.26 bits per heavy atom. The van der Waals surface area contributed by atoms with Gasteiger partial charge in [0.25, 0.3) is 0 Å². The van der Waals surface area contributed by atoms with Gasteiger partial charge < -0.3 is 5.32 Å². The number of aryl methyl sites for hydroxylation is 1. The van der Waals surface area contributed by atoms with Crippen LogP contribution in [0.3, 0.4) is 0 Å². The minimum Gasteiger partial charge on any atom is -0.310 e. The van der Waals surface area contributed by atoms with Crippen molar-refractivity contribution in [3.05, 3.63) is 47.0 Å². The highest BCUT2D eigenvalue weighted by atomic mass is 19.1. The van der Waals surface area contributed by atoms with Gasteiger partial charge in [-0.25, -0.2) is 8.78 Å². The van der Waals surface area contributed by atoms with Crippen molar-refractivity contribution in [1.82, 2.24) is 5.32 Å². The van der Waals surface area contributed by atoms with Crippen LogP contribution >= 0.6 is 0 Å². The second-order valence-corrected chi connectivity index (χ2v) is 4.94. The summed E-state index contributed by atoms with van der Waals surface area (Å²) >= 11 is 0. The molecule has 0 saturated heterocycles. The predicted molar refractivity (Wildman–Crippen MR) is 76.2 cm³/mol. The van der Waals surface area contributed by atoms with Gasteiger partial charge in [-0.05, 0) is 44.4 Å². The molecule has 19 heavy (non-hydrogen) atoms. The van der Waals surface area contributed by atoms with Crippen LogP contribution in [-0.2, 0) is 0 Å². The van der Waals surface area contributed by atoms with Crippen LogP contribution in [0.2, 0.25) is 0 Å². The van der Waals surface area contributed by atoms with Crippen molar-refractivity contribution in [3.8, 4) is 0 Å². The van der Waals surface area contributed by atoms with Crippen molar-refractivity contribution in [2.45, 2.75) is 46.1 Å². The van der Waals surface area contributed by atoms with Gasteiger partial charge in [0.2, 0.25) is 0 Å². The third kappa shape index (κ3) is 4.43. The van der Waals surface area contributed by atoms with Crippen LogP contribution in [0.4, 0.5) is 8.78 Å². The monoisotopic (exact) mass is 267 g/mol. The molecule has 106 valence electrons. The average molecular weight is 267 g/mol. The van der Waals surface area contributed by atoms with E-state index in [2.05, 4.69) is 18.8 Å². The number of nitrogens with one attached hydrogen (secondary N) is 1. The maximum absolute atomic E-state index is 14.0. The molecule has 0 radical (unpaired) electrons. The molecule has 1 aromatic rings. The zero-order valence-corrected chi connectivity index (χ0v) is 12.0. The van der Waals surface area contributed by atoms with Gasteiger partial charge in [0, 0.05) is 17.7 Å². The molecule has 1 unspecified atom stereocenters. The zero-order valence-electron chi connectivity index (χ0n) is 12.0. The molecule has 1 nitrogen and oxygen atoms in total. The summed E-state index contributed by atoms with van der Waals surface area (Å²) in [6, 6.07) is 2.44. The third-order valence-corrected chi connectivity index (χ3v) is 3.29. The van der Waals surface area contributed by atoms with Crippen molar-refractivity contribution >= 4 is 0 Å². The molecule has 1 aromatic carbocycles. The minimum absolute atomic E-state index is 0.133. The van der Waals surface area contributed by atoms with Gasteiger partial charge in [-0.2, -0.15) is 0 Å². The third-order valence-electron chi connectivity index (χ3n) is 3.29. The largest absolute Gasteiger partial charge is 0.310 e. The van der Waals surface area contributed by atoms with E-state index < -0.39 is 11.6 Å². The van der Waals surface area contributed by atoms with Gasteiger partial charge >= 0.3 is 0 Å². The van der Waals surface area contributed by atoms with Crippen LogP contribution in [0.25, 0.3) is 0 Å². The molecule has 0 amide bonds. The number of halogens is 2. The molecule has 1 rings (SSSR count). The second kappa shape index (κ2) is 7.39. The Morgan fingerprint density at radius 3 is 2.53 bits per heavy atom. The van der Waals surface area contributed by atoms with Crippen molar-refractivity contribution in [1.29, 1.82) is 0 Å². The van der Waals surface area contributed by atoms with Crippen LogP contribution in [0.1, 0.15) is 50.3 Å². The molecule has 0 bridgehead atoms. The summed E-state index contributed by atoms with van der Waals surface area (Å²) in [5.41, 5.74) is 2.07. The molecule has 0 saturated carbocycles. The van der Waals surface area contributed by atoms with Crippen molar-refractivity contribution in [2.75, 3.05) is 6.54 Å². The van der Waals surface area contributed by atoms with Gasteiger partial charge in [-0.1, -0.05) is 26.0 Å². The Labute approximate surface area is 114 Å². The van der Waals surface area contributed by atoms with Crippen molar-refractivity contribution in [3.63, 3.8) is 0 Å². The Balaban J connectivity index is 3.02. The fraction of sp³-hybridized carbons (Fsp3) is 0.500. The number of benzene rings is 1. The molecule has 0 aliphatic heterocycles. The van der Waals surface area contributed by atoms with Gasteiger partial charge in [-0.3, -0.25) is 0 Å². The summed E-state index contributed by atoms with van der Waals surface area (Å²) in [6.45, 7) is 10.5. The first-order valence-electron chi connectivity index (χ1n) is 6.85. The van der Waals surface area contributed by atoms with Gasteiger partial charge in [0.05, 0.1) is 0 Å². The molecule has 1 atom stereocenters. The van der Waals surface area contributed by atoms with E-state index in [1.54, 1.807) is 13.0 Å². The van der Waals surface area contributed by atoms with E-state index in [9.17, 15) is 8.78 Å². The fourth-order valence-corrected chi connectivity index (χ4v) is 1.99. The SMILES string of the molecule is C=C(CC)CC(NCCC)c1cc(C)c(F)cc1F. The second-order valence-electron chi connectivity index (χ2n) is 4.94. The number of hydrogen-bond donors (Lipinski definition) is 1. The molecular weight excluding hydrogens is 244 g/mol. The normalized spacial score (nSPS) is 12.5. The van der Waals surface area contributed by atoms with Gasteiger partial charge in [0.1, 0.15) is 11.6 Å². The lowest BCUT2D eigenvalue weighted by molar-refractivity contribution is 0.486. The predicted octanol–water partition coefficient (Wildman–Crippen LogP) is 4.67. The molecule has 0 fully saturated rings. The quantitative estimate of drug-likeness (QED) is 0.708. The van der Waals surface area contributed by atoms with Gasteiger partial charge in [0.15, 0.2) is 0 Å². The van der Waals surface area contributed by atoms with Crippen LogP contribution in [0.15, 0.2) is 24.3 Å². The summed E-state index contributed by atoms with van der Waals surface area (Å²) in [6.07, 6.45) is 2.52. The topological polar surface area (TPSA) is 12.0 Å². The maximum Gasteiger partial charge on any atom is 0.130 e. The first-order chi connectivity index (χ1) is 8.99. The van der Waals surface area contributed by atoms with E-state index in [1.807, 2.05) is 6.92 Å². The Bertz CT molecular complexity index is 441. The Kier molecular flexibility index (Phi) is 6.16. The number of rotatable bonds is 7.